The highest BCUT2D eigenvalue weighted by Gasteiger charge is 2.47. The number of allylic oxidation sites excluding steroid dienone is 1. The summed E-state index contributed by atoms with van der Waals surface area (Å²) in [6.45, 7) is 8.14. The van der Waals surface area contributed by atoms with Gasteiger partial charge in [-0.3, -0.25) is 9.69 Å². The van der Waals surface area contributed by atoms with Crippen molar-refractivity contribution in [3.63, 3.8) is 0 Å². The summed E-state index contributed by atoms with van der Waals surface area (Å²) >= 11 is 0. The zero-order chi connectivity index (χ0) is 23.5. The van der Waals surface area contributed by atoms with Gasteiger partial charge in [0.1, 0.15) is 5.75 Å². The molecule has 0 aliphatic carbocycles. The van der Waals surface area contributed by atoms with Gasteiger partial charge in [0.05, 0.1) is 13.0 Å². The van der Waals surface area contributed by atoms with Gasteiger partial charge in [-0.2, -0.15) is 0 Å². The molecule has 0 radical (unpaired) electrons. The van der Waals surface area contributed by atoms with E-state index in [4.69, 9.17) is 14.2 Å². The summed E-state index contributed by atoms with van der Waals surface area (Å²) in [6.07, 6.45) is 3.28. The van der Waals surface area contributed by atoms with Gasteiger partial charge in [0, 0.05) is 25.0 Å². The number of hydrogen-bond acceptors (Lipinski definition) is 5. The molecule has 3 unspecified atom stereocenters. The van der Waals surface area contributed by atoms with Gasteiger partial charge in [-0.25, -0.2) is 0 Å². The zero-order valence-corrected chi connectivity index (χ0v) is 19.8. The minimum atomic E-state index is -0.788. The van der Waals surface area contributed by atoms with Crippen molar-refractivity contribution in [3.05, 3.63) is 65.2 Å². The molecule has 0 bridgehead atoms. The lowest BCUT2D eigenvalue weighted by atomic mass is 9.82. The maximum Gasteiger partial charge on any atom is 0.309 e. The smallest absolute Gasteiger partial charge is 0.309 e. The van der Waals surface area contributed by atoms with Crippen LogP contribution in [0.4, 0.5) is 0 Å². The fourth-order valence-electron chi connectivity index (χ4n) is 5.10. The van der Waals surface area contributed by atoms with E-state index < -0.39 is 11.9 Å². The quantitative estimate of drug-likeness (QED) is 0.553. The van der Waals surface area contributed by atoms with Crippen LogP contribution in [0, 0.1) is 11.8 Å². The van der Waals surface area contributed by atoms with Crippen molar-refractivity contribution in [2.75, 3.05) is 27.0 Å². The molecule has 33 heavy (non-hydrogen) atoms. The average molecular weight is 452 g/mol. The zero-order valence-electron chi connectivity index (χ0n) is 19.8. The van der Waals surface area contributed by atoms with Crippen molar-refractivity contribution < 1.29 is 24.1 Å². The third-order valence-corrected chi connectivity index (χ3v) is 6.57. The third kappa shape index (κ3) is 5.01. The minimum Gasteiger partial charge on any atom is -0.497 e. The summed E-state index contributed by atoms with van der Waals surface area (Å²) in [5, 5.41) is 10.4. The lowest BCUT2D eigenvalue weighted by molar-refractivity contribution is -0.143. The molecule has 4 rings (SSSR count). The number of likely N-dealkylation sites (tertiary alicyclic amines) is 1. The van der Waals surface area contributed by atoms with Gasteiger partial charge in [0.2, 0.25) is 6.79 Å². The van der Waals surface area contributed by atoms with Crippen LogP contribution in [0.5, 0.6) is 17.2 Å². The Bertz CT molecular complexity index is 1010. The number of rotatable bonds is 8. The van der Waals surface area contributed by atoms with Gasteiger partial charge in [-0.05, 0) is 54.7 Å². The second-order valence-corrected chi connectivity index (χ2v) is 9.40. The molecule has 2 aliphatic rings. The molecule has 1 fully saturated rings. The first-order valence-corrected chi connectivity index (χ1v) is 11.5. The standard InChI is InChI=1S/C27H33NO5/c1-17(2)13-18(3)11-12-28-15-22(20-7-10-23-24(14-20)33-16-32-23)25(27(29)30)26(28)19-5-8-21(31-4)9-6-19/h5-11,14,17,22,25-26H,12-13,15-16H2,1-4H3,(H,29,30). The summed E-state index contributed by atoms with van der Waals surface area (Å²) in [6, 6.07) is 13.3. The van der Waals surface area contributed by atoms with Crippen LogP contribution in [0.3, 0.4) is 0 Å². The van der Waals surface area contributed by atoms with Crippen molar-refractivity contribution in [1.29, 1.82) is 0 Å². The number of nitrogens with zero attached hydrogens (tertiary/aromatic N) is 1. The molecular weight excluding hydrogens is 418 g/mol. The van der Waals surface area contributed by atoms with E-state index in [0.29, 0.717) is 30.5 Å². The SMILES string of the molecule is COc1ccc(C2C(C(=O)O)C(c3ccc4c(c3)OCO4)CN2CC=C(C)CC(C)C)cc1. The Balaban J connectivity index is 1.70. The third-order valence-electron chi connectivity index (χ3n) is 6.57. The number of ether oxygens (including phenoxy) is 3. The Hall–Kier alpha value is -2.99. The van der Waals surface area contributed by atoms with Crippen LogP contribution in [-0.4, -0.2) is 43.0 Å². The monoisotopic (exact) mass is 451 g/mol. The number of carboxylic acids is 1. The Kier molecular flexibility index (Phi) is 6.94. The van der Waals surface area contributed by atoms with E-state index in [-0.39, 0.29) is 18.8 Å². The molecule has 0 spiro atoms. The predicted molar refractivity (Wildman–Crippen MR) is 127 cm³/mol. The maximum absolute atomic E-state index is 12.6. The Morgan fingerprint density at radius 3 is 2.52 bits per heavy atom. The van der Waals surface area contributed by atoms with E-state index >= 15 is 0 Å². The summed E-state index contributed by atoms with van der Waals surface area (Å²) in [5.41, 5.74) is 3.29. The van der Waals surface area contributed by atoms with Crippen molar-refractivity contribution in [1.82, 2.24) is 4.90 Å². The van der Waals surface area contributed by atoms with Crippen molar-refractivity contribution >= 4 is 5.97 Å². The number of methoxy groups -OCH3 is 1. The van der Waals surface area contributed by atoms with Crippen LogP contribution in [0.2, 0.25) is 0 Å². The first kappa shape index (κ1) is 23.2. The molecule has 3 atom stereocenters. The fourth-order valence-corrected chi connectivity index (χ4v) is 5.10. The lowest BCUT2D eigenvalue weighted by Gasteiger charge is -2.27. The fraction of sp³-hybridized carbons (Fsp3) is 0.444. The first-order chi connectivity index (χ1) is 15.9. The molecule has 2 aromatic carbocycles. The second-order valence-electron chi connectivity index (χ2n) is 9.40. The number of fused-ring (bicyclic) bond motifs is 1. The van der Waals surface area contributed by atoms with Crippen molar-refractivity contribution in [2.24, 2.45) is 11.8 Å². The van der Waals surface area contributed by atoms with E-state index in [0.717, 1.165) is 23.3 Å². The number of carboxylic acid groups (broad SMARTS) is 1. The molecule has 1 N–H and O–H groups in total. The van der Waals surface area contributed by atoms with Gasteiger partial charge < -0.3 is 19.3 Å². The summed E-state index contributed by atoms with van der Waals surface area (Å²) in [5.74, 6) is 1.20. The van der Waals surface area contributed by atoms with Gasteiger partial charge >= 0.3 is 5.97 Å². The first-order valence-electron chi connectivity index (χ1n) is 11.5. The predicted octanol–water partition coefficient (Wildman–Crippen LogP) is 5.26. The Morgan fingerprint density at radius 2 is 1.85 bits per heavy atom. The van der Waals surface area contributed by atoms with Crippen molar-refractivity contribution in [3.8, 4) is 17.2 Å². The number of aliphatic carboxylic acids is 1. The molecule has 0 amide bonds. The van der Waals surface area contributed by atoms with Crippen LogP contribution < -0.4 is 14.2 Å². The van der Waals surface area contributed by atoms with E-state index in [1.54, 1.807) is 7.11 Å². The number of carbonyl (C=O) groups is 1. The number of benzene rings is 2. The maximum atomic E-state index is 12.6. The number of hydrogen-bond donors (Lipinski definition) is 1. The van der Waals surface area contributed by atoms with E-state index in [2.05, 4.69) is 31.7 Å². The molecular formula is C27H33NO5. The molecule has 176 valence electrons. The normalized spacial score (nSPS) is 22.7. The molecule has 0 aromatic heterocycles. The second kappa shape index (κ2) is 9.87. The summed E-state index contributed by atoms with van der Waals surface area (Å²) in [4.78, 5) is 14.9. The van der Waals surface area contributed by atoms with Crippen LogP contribution in [0.25, 0.3) is 0 Å². The van der Waals surface area contributed by atoms with Gasteiger partial charge in [-0.15, -0.1) is 0 Å². The van der Waals surface area contributed by atoms with E-state index in [1.807, 2.05) is 42.5 Å². The summed E-state index contributed by atoms with van der Waals surface area (Å²) in [7, 11) is 1.63. The van der Waals surface area contributed by atoms with E-state index in [9.17, 15) is 9.90 Å². The lowest BCUT2D eigenvalue weighted by Crippen LogP contribution is -2.29. The van der Waals surface area contributed by atoms with Crippen LogP contribution in [-0.2, 0) is 4.79 Å². The van der Waals surface area contributed by atoms with Gasteiger partial charge in [-0.1, -0.05) is 43.7 Å². The molecule has 1 saturated heterocycles. The van der Waals surface area contributed by atoms with Crippen LogP contribution in [0.1, 0.15) is 50.3 Å². The molecule has 6 nitrogen and oxygen atoms in total. The molecule has 0 saturated carbocycles. The highest BCUT2D eigenvalue weighted by Crippen LogP contribution is 2.47. The van der Waals surface area contributed by atoms with E-state index in [1.165, 1.54) is 5.57 Å². The molecule has 2 aliphatic heterocycles. The molecule has 2 heterocycles. The minimum absolute atomic E-state index is 0.164. The van der Waals surface area contributed by atoms with Crippen LogP contribution in [0.15, 0.2) is 54.1 Å². The van der Waals surface area contributed by atoms with Crippen molar-refractivity contribution in [2.45, 2.75) is 39.2 Å². The molecule has 2 aromatic rings. The Morgan fingerprint density at radius 1 is 1.15 bits per heavy atom. The molecule has 6 heteroatoms. The van der Waals surface area contributed by atoms with Crippen LogP contribution >= 0.6 is 0 Å². The highest BCUT2D eigenvalue weighted by molar-refractivity contribution is 5.74. The summed E-state index contributed by atoms with van der Waals surface area (Å²) < 4.78 is 16.3. The topological polar surface area (TPSA) is 68.2 Å². The highest BCUT2D eigenvalue weighted by atomic mass is 16.7. The Labute approximate surface area is 195 Å². The van der Waals surface area contributed by atoms with Gasteiger partial charge in [0.15, 0.2) is 11.5 Å². The average Bonchev–Trinajstić information content (AvgIpc) is 3.41. The van der Waals surface area contributed by atoms with Gasteiger partial charge in [0.25, 0.3) is 0 Å². The largest absolute Gasteiger partial charge is 0.497 e.